The summed E-state index contributed by atoms with van der Waals surface area (Å²) in [5, 5.41) is 11.0. The monoisotopic (exact) mass is 615 g/mol. The van der Waals surface area contributed by atoms with Gasteiger partial charge in [-0.1, -0.05) is 36.4 Å². The molecule has 1 aliphatic rings. The second-order valence-corrected chi connectivity index (χ2v) is 10.8. The summed E-state index contributed by atoms with van der Waals surface area (Å²) in [7, 11) is 5.32. The number of likely N-dealkylation sites (N-methyl/N-ethyl adjacent to an activating group) is 1. The highest BCUT2D eigenvalue weighted by Gasteiger charge is 2.25. The Morgan fingerprint density at radius 3 is 2.66 bits per heavy atom. The first-order valence-corrected chi connectivity index (χ1v) is 14.4. The van der Waals surface area contributed by atoms with E-state index in [1.54, 1.807) is 30.0 Å². The minimum Gasteiger partial charge on any atom is -0.494 e. The second-order valence-electron chi connectivity index (χ2n) is 10.4. The summed E-state index contributed by atoms with van der Waals surface area (Å²) in [4.78, 5) is 40.3. The molecule has 0 atom stereocenters. The van der Waals surface area contributed by atoms with Gasteiger partial charge in [-0.15, -0.1) is 0 Å². The zero-order valence-corrected chi connectivity index (χ0v) is 25.6. The van der Waals surface area contributed by atoms with Gasteiger partial charge in [0.25, 0.3) is 0 Å². The lowest BCUT2D eigenvalue weighted by Crippen LogP contribution is -2.50. The lowest BCUT2D eigenvalue weighted by atomic mass is 10.1. The summed E-state index contributed by atoms with van der Waals surface area (Å²) >= 11 is 6.53. The maximum Gasteiger partial charge on any atom is 0.248 e. The average Bonchev–Trinajstić information content (AvgIpc) is 3.45. The highest BCUT2D eigenvalue weighted by atomic mass is 35.5. The van der Waals surface area contributed by atoms with E-state index >= 15 is 0 Å². The third kappa shape index (κ3) is 6.82. The predicted molar refractivity (Wildman–Crippen MR) is 173 cm³/mol. The Morgan fingerprint density at radius 2 is 1.93 bits per heavy atom. The second kappa shape index (κ2) is 13.6. The molecule has 3 aromatic heterocycles. The average molecular weight is 616 g/mol. The maximum absolute atomic E-state index is 12.8. The van der Waals surface area contributed by atoms with Crippen LogP contribution < -0.4 is 20.3 Å². The lowest BCUT2D eigenvalue weighted by molar-refractivity contribution is -0.132. The highest BCUT2D eigenvalue weighted by molar-refractivity contribution is 6.33. The molecule has 2 amide bonds. The number of benzene rings is 1. The third-order valence-electron chi connectivity index (χ3n) is 7.06. The summed E-state index contributed by atoms with van der Waals surface area (Å²) in [5.74, 6) is 0.561. The molecule has 1 aromatic carbocycles. The fourth-order valence-corrected chi connectivity index (χ4v) is 5.14. The van der Waals surface area contributed by atoms with Gasteiger partial charge in [-0.3, -0.25) is 9.59 Å². The summed E-state index contributed by atoms with van der Waals surface area (Å²) in [6.07, 6.45) is 9.58. The molecule has 2 N–H and O–H groups in total. The maximum atomic E-state index is 12.8. The topological polar surface area (TPSA) is 120 Å². The summed E-state index contributed by atoms with van der Waals surface area (Å²) in [5.41, 5.74) is 3.97. The fraction of sp³-hybridized carbons (Fsp3) is 0.258. The lowest BCUT2D eigenvalue weighted by Gasteiger charge is -2.37. The largest absolute Gasteiger partial charge is 0.494 e. The highest BCUT2D eigenvalue weighted by Crippen LogP contribution is 2.39. The first-order valence-electron chi connectivity index (χ1n) is 14.0. The van der Waals surface area contributed by atoms with E-state index in [0.717, 1.165) is 16.8 Å². The van der Waals surface area contributed by atoms with Crippen molar-refractivity contribution in [2.75, 3.05) is 69.5 Å². The molecule has 5 rings (SSSR count). The molecule has 0 unspecified atom stereocenters. The number of amides is 2. The van der Waals surface area contributed by atoms with Gasteiger partial charge in [-0.2, -0.15) is 5.10 Å². The molecule has 0 aliphatic carbocycles. The van der Waals surface area contributed by atoms with Crippen molar-refractivity contribution in [2.24, 2.45) is 0 Å². The molecule has 4 heterocycles. The number of piperazine rings is 1. The van der Waals surface area contributed by atoms with Gasteiger partial charge in [0, 0.05) is 50.1 Å². The number of methoxy groups -OCH3 is 1. The van der Waals surface area contributed by atoms with Crippen LogP contribution in [0.4, 0.5) is 23.0 Å². The molecule has 4 aromatic rings. The van der Waals surface area contributed by atoms with Crippen LogP contribution in [0.2, 0.25) is 5.02 Å². The van der Waals surface area contributed by atoms with Crippen LogP contribution in [0.3, 0.4) is 0 Å². The predicted octanol–water partition coefficient (Wildman–Crippen LogP) is 4.09. The molecule has 13 heteroatoms. The number of rotatable bonds is 10. The van der Waals surface area contributed by atoms with Crippen LogP contribution >= 0.6 is 11.6 Å². The number of hydrogen-bond donors (Lipinski definition) is 2. The Labute approximate surface area is 260 Å². The first-order chi connectivity index (χ1) is 21.3. The minimum atomic E-state index is -0.319. The van der Waals surface area contributed by atoms with Crippen LogP contribution in [0.5, 0.6) is 5.75 Å². The van der Waals surface area contributed by atoms with E-state index in [9.17, 15) is 9.59 Å². The Hall–Kier alpha value is -4.94. The summed E-state index contributed by atoms with van der Waals surface area (Å²) in [6, 6.07) is 9.38. The Morgan fingerprint density at radius 1 is 1.14 bits per heavy atom. The fourth-order valence-electron chi connectivity index (χ4n) is 4.95. The van der Waals surface area contributed by atoms with Crippen LogP contribution in [-0.2, 0) is 9.59 Å². The Bertz CT molecular complexity index is 1710. The SMILES string of the molecule is C=C/C=C\C(=O)Nc1cc(Nc2ncc(Cl)c(-c3cnn4ccccc34)n2)c(OC)cc1N1CCN(C(=O)CN(C)C)CC1. The Balaban J connectivity index is 1.46. The number of carbonyl (C=O) groups excluding carboxylic acids is 2. The number of allylic oxidation sites excluding steroid dienone is 2. The van der Waals surface area contributed by atoms with Crippen molar-refractivity contribution in [1.82, 2.24) is 29.4 Å². The quantitative estimate of drug-likeness (QED) is 0.201. The Kier molecular flexibility index (Phi) is 9.41. The number of nitrogens with one attached hydrogen (secondary N) is 2. The minimum absolute atomic E-state index is 0.0846. The smallest absolute Gasteiger partial charge is 0.248 e. The molecular weight excluding hydrogens is 582 g/mol. The van der Waals surface area contributed by atoms with Gasteiger partial charge in [0.05, 0.1) is 59.3 Å². The molecule has 1 saturated heterocycles. The van der Waals surface area contributed by atoms with Gasteiger partial charge in [0.1, 0.15) is 5.75 Å². The molecule has 0 bridgehead atoms. The van der Waals surface area contributed by atoms with Crippen molar-refractivity contribution in [2.45, 2.75) is 0 Å². The zero-order valence-electron chi connectivity index (χ0n) is 24.8. The molecule has 12 nitrogen and oxygen atoms in total. The van der Waals surface area contributed by atoms with E-state index in [4.69, 9.17) is 21.3 Å². The van der Waals surface area contributed by atoms with Crippen molar-refractivity contribution < 1.29 is 14.3 Å². The molecule has 1 aliphatic heterocycles. The normalized spacial score (nSPS) is 13.5. The van der Waals surface area contributed by atoms with Crippen LogP contribution in [0.25, 0.3) is 16.8 Å². The molecule has 0 radical (unpaired) electrons. The number of hydrogen-bond acceptors (Lipinski definition) is 9. The number of aromatic nitrogens is 4. The van der Waals surface area contributed by atoms with E-state index in [0.29, 0.717) is 60.6 Å². The van der Waals surface area contributed by atoms with Crippen molar-refractivity contribution in [3.63, 3.8) is 0 Å². The standard InChI is InChI=1S/C31H34ClN9O3/c1-5-6-10-28(42)35-23-16-24(27(44-4)17-26(23)39-12-14-40(15-13-39)29(43)20-38(2)3)36-31-33-19-22(32)30(37-31)21-18-34-41-11-8-7-9-25(21)41/h5-11,16-19H,1,12-15,20H2,2-4H3,(H,35,42)(H,33,36,37)/b10-6-. The molecule has 1 fully saturated rings. The van der Waals surface area contributed by atoms with Gasteiger partial charge >= 0.3 is 0 Å². The number of ether oxygens (including phenoxy) is 1. The number of anilines is 4. The van der Waals surface area contributed by atoms with Gasteiger partial charge in [0.15, 0.2) is 0 Å². The molecule has 0 spiro atoms. The molecule has 228 valence electrons. The van der Waals surface area contributed by atoms with E-state index in [2.05, 4.69) is 32.2 Å². The van der Waals surface area contributed by atoms with E-state index in [-0.39, 0.29) is 17.8 Å². The molecule has 44 heavy (non-hydrogen) atoms. The van der Waals surface area contributed by atoms with Crippen LogP contribution in [0.15, 0.2) is 73.7 Å². The summed E-state index contributed by atoms with van der Waals surface area (Å²) < 4.78 is 7.51. The molecule has 0 saturated carbocycles. The van der Waals surface area contributed by atoms with Crippen molar-refractivity contribution in [1.29, 1.82) is 0 Å². The van der Waals surface area contributed by atoms with E-state index in [1.165, 1.54) is 18.3 Å². The van der Waals surface area contributed by atoms with E-state index in [1.807, 2.05) is 54.4 Å². The van der Waals surface area contributed by atoms with Crippen molar-refractivity contribution in [3.8, 4) is 17.0 Å². The van der Waals surface area contributed by atoms with Crippen LogP contribution in [-0.4, -0.2) is 95.1 Å². The van der Waals surface area contributed by atoms with Crippen molar-refractivity contribution in [3.05, 3.63) is 78.8 Å². The first kappa shape index (κ1) is 30.5. The summed E-state index contributed by atoms with van der Waals surface area (Å²) in [6.45, 7) is 6.29. The number of pyridine rings is 1. The number of nitrogens with zero attached hydrogens (tertiary/aromatic N) is 7. The molecular formula is C31H34ClN9O3. The number of fused-ring (bicyclic) bond motifs is 1. The zero-order chi connectivity index (χ0) is 31.2. The number of halogens is 1. The number of carbonyl (C=O) groups is 2. The van der Waals surface area contributed by atoms with Gasteiger partial charge in [-0.25, -0.2) is 14.5 Å². The van der Waals surface area contributed by atoms with Gasteiger partial charge in [0.2, 0.25) is 17.8 Å². The third-order valence-corrected chi connectivity index (χ3v) is 7.33. The van der Waals surface area contributed by atoms with Crippen LogP contribution in [0.1, 0.15) is 0 Å². The van der Waals surface area contributed by atoms with E-state index < -0.39 is 0 Å². The van der Waals surface area contributed by atoms with Crippen molar-refractivity contribution >= 4 is 51.9 Å². The van der Waals surface area contributed by atoms with Gasteiger partial charge in [-0.05, 0) is 32.3 Å². The van der Waals surface area contributed by atoms with Gasteiger partial charge < -0.3 is 30.1 Å². The van der Waals surface area contributed by atoms with Crippen LogP contribution in [0, 0.1) is 0 Å².